The molecule has 1 unspecified atom stereocenters. The molecular formula is C28H35N5O2. The first kappa shape index (κ1) is 23.7. The molecule has 0 saturated carbocycles. The molecular weight excluding hydrogens is 438 g/mol. The molecule has 5 rings (SSSR count). The second kappa shape index (κ2) is 8.57. The van der Waals surface area contributed by atoms with Crippen molar-refractivity contribution in [3.63, 3.8) is 0 Å². The van der Waals surface area contributed by atoms with Crippen molar-refractivity contribution in [1.29, 1.82) is 0 Å². The van der Waals surface area contributed by atoms with Crippen LogP contribution in [0.2, 0.25) is 0 Å². The average Bonchev–Trinajstić information content (AvgIpc) is 3.43. The largest absolute Gasteiger partial charge is 0.380 e. The summed E-state index contributed by atoms with van der Waals surface area (Å²) in [5.74, 6) is 0.582. The number of rotatable bonds is 6. The van der Waals surface area contributed by atoms with Crippen molar-refractivity contribution in [1.82, 2.24) is 19.7 Å². The Morgan fingerprint density at radius 1 is 1.09 bits per heavy atom. The molecule has 2 aliphatic rings. The lowest BCUT2D eigenvalue weighted by Crippen LogP contribution is -2.63. The number of benzene rings is 1. The van der Waals surface area contributed by atoms with Gasteiger partial charge in [0, 0.05) is 62.4 Å². The van der Waals surface area contributed by atoms with E-state index in [0.29, 0.717) is 18.9 Å². The van der Waals surface area contributed by atoms with Gasteiger partial charge in [0.1, 0.15) is 5.60 Å². The van der Waals surface area contributed by atoms with E-state index in [9.17, 15) is 9.90 Å². The van der Waals surface area contributed by atoms with Crippen molar-refractivity contribution in [3.05, 3.63) is 77.4 Å². The Hall–Kier alpha value is -3.03. The summed E-state index contributed by atoms with van der Waals surface area (Å²) in [6, 6.07) is 10.3. The molecule has 2 saturated heterocycles. The smallest absolute Gasteiger partial charge is 0.227 e. The summed E-state index contributed by atoms with van der Waals surface area (Å²) in [5.41, 5.74) is 3.01. The Morgan fingerprint density at radius 3 is 2.40 bits per heavy atom. The Bertz CT molecular complexity index is 1230. The summed E-state index contributed by atoms with van der Waals surface area (Å²) in [4.78, 5) is 21.5. The van der Waals surface area contributed by atoms with Crippen molar-refractivity contribution >= 4 is 11.6 Å². The SMILES string of the molecule is CC(C)c1ccc([C@](O)(c2cncc(N3CC(c4cnn(C)c4)CC3=O)c2)C2(C)CN(C)C2)cc1. The van der Waals surface area contributed by atoms with Crippen LogP contribution in [0.1, 0.15) is 61.3 Å². The van der Waals surface area contributed by atoms with Gasteiger partial charge in [0.15, 0.2) is 0 Å². The summed E-state index contributed by atoms with van der Waals surface area (Å²) in [5, 5.41) is 16.7. The fraction of sp³-hybridized carbons (Fsp3) is 0.464. The molecule has 7 nitrogen and oxygen atoms in total. The number of carbonyl (C=O) groups is 1. The fourth-order valence-corrected chi connectivity index (χ4v) is 5.95. The first-order chi connectivity index (χ1) is 16.6. The Morgan fingerprint density at radius 2 is 1.80 bits per heavy atom. The number of aryl methyl sites for hydroxylation is 1. The van der Waals surface area contributed by atoms with E-state index in [1.165, 1.54) is 5.56 Å². The Labute approximate surface area is 207 Å². The number of amides is 1. The zero-order valence-electron chi connectivity index (χ0n) is 21.3. The maximum Gasteiger partial charge on any atom is 0.227 e. The molecule has 0 bridgehead atoms. The molecule has 2 aliphatic heterocycles. The van der Waals surface area contributed by atoms with Gasteiger partial charge in [-0.2, -0.15) is 5.10 Å². The lowest BCUT2D eigenvalue weighted by Gasteiger charge is -2.56. The van der Waals surface area contributed by atoms with Crippen LogP contribution in [0.5, 0.6) is 0 Å². The van der Waals surface area contributed by atoms with Crippen LogP contribution in [0.3, 0.4) is 0 Å². The molecule has 1 N–H and O–H groups in total. The van der Waals surface area contributed by atoms with Gasteiger partial charge in [-0.1, -0.05) is 45.0 Å². The highest BCUT2D eigenvalue weighted by atomic mass is 16.3. The minimum Gasteiger partial charge on any atom is -0.380 e. The maximum absolute atomic E-state index is 13.0. The van der Waals surface area contributed by atoms with Crippen LogP contribution >= 0.6 is 0 Å². The molecule has 35 heavy (non-hydrogen) atoms. The van der Waals surface area contributed by atoms with E-state index in [4.69, 9.17) is 0 Å². The van der Waals surface area contributed by atoms with E-state index in [2.05, 4.69) is 54.9 Å². The number of hydrogen-bond donors (Lipinski definition) is 1. The molecule has 2 aromatic heterocycles. The van der Waals surface area contributed by atoms with Crippen molar-refractivity contribution < 1.29 is 9.90 Å². The van der Waals surface area contributed by atoms with Crippen molar-refractivity contribution in [2.75, 3.05) is 31.6 Å². The first-order valence-corrected chi connectivity index (χ1v) is 12.4. The Kier molecular flexibility index (Phi) is 5.80. The third kappa shape index (κ3) is 3.96. The quantitative estimate of drug-likeness (QED) is 0.592. The lowest BCUT2D eigenvalue weighted by molar-refractivity contribution is -0.127. The monoisotopic (exact) mass is 473 g/mol. The molecule has 4 heterocycles. The summed E-state index contributed by atoms with van der Waals surface area (Å²) in [6.45, 7) is 8.59. The van der Waals surface area contributed by atoms with E-state index >= 15 is 0 Å². The maximum atomic E-state index is 13.0. The van der Waals surface area contributed by atoms with Gasteiger partial charge in [-0.15, -0.1) is 0 Å². The zero-order chi connectivity index (χ0) is 25.0. The van der Waals surface area contributed by atoms with Gasteiger partial charge >= 0.3 is 0 Å². The minimum absolute atomic E-state index is 0.0669. The van der Waals surface area contributed by atoms with E-state index in [1.807, 2.05) is 37.6 Å². The summed E-state index contributed by atoms with van der Waals surface area (Å²) in [6.07, 6.45) is 7.74. The molecule has 3 aromatic rings. The number of carbonyl (C=O) groups excluding carboxylic acids is 1. The van der Waals surface area contributed by atoms with Crippen molar-refractivity contribution in [3.8, 4) is 0 Å². The standard InChI is InChI=1S/C28H35N5O2/c1-19(2)20-6-8-23(9-7-20)28(35,27(3)17-31(4)18-27)24-11-25(14-29-13-24)33-16-21(10-26(33)34)22-12-30-32(5)15-22/h6-9,11-15,19,21,35H,10,16-18H2,1-5H3/t21?,28-/m0/s1. The van der Waals surface area contributed by atoms with Gasteiger partial charge in [-0.3, -0.25) is 14.5 Å². The van der Waals surface area contributed by atoms with E-state index in [0.717, 1.165) is 35.5 Å². The third-order valence-electron chi connectivity index (χ3n) is 7.88. The van der Waals surface area contributed by atoms with Crippen LogP contribution in [0.15, 0.2) is 55.1 Å². The average molecular weight is 474 g/mol. The van der Waals surface area contributed by atoms with Crippen LogP contribution in [0.25, 0.3) is 0 Å². The van der Waals surface area contributed by atoms with Crippen LogP contribution in [0, 0.1) is 5.41 Å². The molecule has 2 atom stereocenters. The van der Waals surface area contributed by atoms with Crippen LogP contribution in [-0.4, -0.2) is 57.4 Å². The van der Waals surface area contributed by atoms with Crippen LogP contribution in [0.4, 0.5) is 5.69 Å². The van der Waals surface area contributed by atoms with E-state index < -0.39 is 5.60 Å². The highest BCUT2D eigenvalue weighted by molar-refractivity contribution is 5.96. The zero-order valence-corrected chi connectivity index (χ0v) is 21.3. The van der Waals surface area contributed by atoms with Gasteiger partial charge in [0.2, 0.25) is 5.91 Å². The summed E-state index contributed by atoms with van der Waals surface area (Å²) >= 11 is 0. The molecule has 0 radical (unpaired) electrons. The number of aliphatic hydroxyl groups is 1. The second-order valence-corrected chi connectivity index (χ2v) is 11.0. The van der Waals surface area contributed by atoms with E-state index in [1.54, 1.807) is 22.0 Å². The predicted octanol–water partition coefficient (Wildman–Crippen LogP) is 3.65. The normalized spacial score (nSPS) is 21.9. The highest BCUT2D eigenvalue weighted by Crippen LogP contribution is 2.50. The van der Waals surface area contributed by atoms with Gasteiger partial charge < -0.3 is 14.9 Å². The molecule has 7 heteroatoms. The summed E-state index contributed by atoms with van der Waals surface area (Å²) < 4.78 is 1.77. The number of hydrogen-bond acceptors (Lipinski definition) is 5. The number of nitrogens with zero attached hydrogens (tertiary/aromatic N) is 5. The van der Waals surface area contributed by atoms with E-state index in [-0.39, 0.29) is 17.2 Å². The first-order valence-electron chi connectivity index (χ1n) is 12.4. The summed E-state index contributed by atoms with van der Waals surface area (Å²) in [7, 11) is 3.96. The number of anilines is 1. The van der Waals surface area contributed by atoms with Crippen molar-refractivity contribution in [2.45, 2.75) is 44.6 Å². The third-order valence-corrected chi connectivity index (χ3v) is 7.88. The Balaban J connectivity index is 1.52. The second-order valence-electron chi connectivity index (χ2n) is 11.0. The number of likely N-dealkylation sites (tertiary alicyclic amines) is 1. The molecule has 0 spiro atoms. The topological polar surface area (TPSA) is 74.5 Å². The van der Waals surface area contributed by atoms with Crippen molar-refractivity contribution in [2.24, 2.45) is 12.5 Å². The van der Waals surface area contributed by atoms with Gasteiger partial charge in [0.25, 0.3) is 0 Å². The van der Waals surface area contributed by atoms with Gasteiger partial charge in [-0.05, 0) is 35.7 Å². The number of pyridine rings is 1. The highest BCUT2D eigenvalue weighted by Gasteiger charge is 2.55. The fourth-order valence-electron chi connectivity index (χ4n) is 5.95. The molecule has 184 valence electrons. The van der Waals surface area contributed by atoms with Crippen LogP contribution < -0.4 is 4.90 Å². The molecule has 2 fully saturated rings. The minimum atomic E-state index is -1.23. The predicted molar refractivity (Wildman–Crippen MR) is 136 cm³/mol. The molecule has 0 aliphatic carbocycles. The molecule has 1 amide bonds. The van der Waals surface area contributed by atoms with Gasteiger partial charge in [-0.25, -0.2) is 0 Å². The lowest BCUT2D eigenvalue weighted by atomic mass is 9.62. The van der Waals surface area contributed by atoms with Gasteiger partial charge in [0.05, 0.1) is 18.1 Å². The number of aromatic nitrogens is 3. The molecule has 1 aromatic carbocycles. The van der Waals surface area contributed by atoms with Crippen LogP contribution in [-0.2, 0) is 17.4 Å².